The Balaban J connectivity index is 1.26. The second kappa shape index (κ2) is 8.56. The Bertz CT molecular complexity index is 2800. The van der Waals surface area contributed by atoms with Crippen LogP contribution in [0.2, 0.25) is 0 Å². The van der Waals surface area contributed by atoms with Crippen LogP contribution in [-0.2, 0) is 0 Å². The first-order chi connectivity index (χ1) is 21.8. The number of aromatic nitrogens is 2. The second-order valence-electron chi connectivity index (χ2n) is 11.7. The van der Waals surface area contributed by atoms with E-state index in [4.69, 9.17) is 0 Å². The van der Waals surface area contributed by atoms with E-state index < -0.39 is 0 Å². The Labute approximate surface area is 251 Å². The highest BCUT2D eigenvalue weighted by Gasteiger charge is 2.19. The molecule has 3 heterocycles. The largest absolute Gasteiger partial charge is 0.309 e. The van der Waals surface area contributed by atoms with E-state index in [1.807, 2.05) is 22.6 Å². The summed E-state index contributed by atoms with van der Waals surface area (Å²) in [5.74, 6) is 0. The average Bonchev–Trinajstić information content (AvgIpc) is 3.60. The lowest BCUT2D eigenvalue weighted by Crippen LogP contribution is -2.12. The fraction of sp³-hybridized carbons (Fsp3) is 0. The third-order valence-electron chi connectivity index (χ3n) is 9.47. The number of fused-ring (bicyclic) bond motifs is 9. The van der Waals surface area contributed by atoms with Gasteiger partial charge >= 0.3 is 0 Å². The van der Waals surface area contributed by atoms with Crippen LogP contribution < -0.4 is 5.56 Å². The van der Waals surface area contributed by atoms with Crippen LogP contribution in [0.4, 0.5) is 0 Å². The van der Waals surface area contributed by atoms with E-state index in [0.717, 1.165) is 43.5 Å². The molecule has 0 radical (unpaired) electrons. The van der Waals surface area contributed by atoms with Crippen LogP contribution in [0.15, 0.2) is 150 Å². The molecule has 0 N–H and O–H groups in total. The van der Waals surface area contributed by atoms with Crippen LogP contribution >= 0.6 is 0 Å². The molecule has 7 aromatic carbocycles. The SMILES string of the molecule is O=c1c2ccccc2c2cccc3c4cc(-c5cccc6c(-n7c8ccccc8c8ccccc87)cccc56)ccc4n1c23. The third kappa shape index (κ3) is 2.98. The van der Waals surface area contributed by atoms with E-state index in [1.165, 1.54) is 43.8 Å². The molecule has 10 rings (SSSR count). The zero-order valence-electron chi connectivity index (χ0n) is 23.7. The summed E-state index contributed by atoms with van der Waals surface area (Å²) in [5.41, 5.74) is 7.86. The van der Waals surface area contributed by atoms with Crippen LogP contribution in [0.25, 0.3) is 87.4 Å². The fourth-order valence-electron chi connectivity index (χ4n) is 7.61. The summed E-state index contributed by atoms with van der Waals surface area (Å²) in [6.45, 7) is 0. The number of pyridine rings is 1. The highest BCUT2D eigenvalue weighted by molar-refractivity contribution is 6.21. The van der Waals surface area contributed by atoms with E-state index in [1.54, 1.807) is 0 Å². The van der Waals surface area contributed by atoms with Crippen molar-refractivity contribution in [1.82, 2.24) is 8.97 Å². The zero-order valence-corrected chi connectivity index (χ0v) is 23.7. The molecule has 0 amide bonds. The van der Waals surface area contributed by atoms with Gasteiger partial charge in [0, 0.05) is 37.7 Å². The smallest absolute Gasteiger partial charge is 0.263 e. The Morgan fingerprint density at radius 1 is 0.386 bits per heavy atom. The number of para-hydroxylation sites is 3. The highest BCUT2D eigenvalue weighted by Crippen LogP contribution is 2.40. The maximum Gasteiger partial charge on any atom is 0.263 e. The Kier molecular flexibility index (Phi) is 4.59. The van der Waals surface area contributed by atoms with E-state index >= 15 is 0 Å². The van der Waals surface area contributed by atoms with Gasteiger partial charge in [0.05, 0.1) is 27.8 Å². The lowest BCUT2D eigenvalue weighted by atomic mass is 9.96. The number of benzene rings is 7. The van der Waals surface area contributed by atoms with Crippen molar-refractivity contribution in [2.75, 3.05) is 0 Å². The number of hydrogen-bond donors (Lipinski definition) is 0. The van der Waals surface area contributed by atoms with Gasteiger partial charge in [-0.2, -0.15) is 0 Å². The minimum Gasteiger partial charge on any atom is -0.309 e. The topological polar surface area (TPSA) is 26.4 Å². The molecule has 44 heavy (non-hydrogen) atoms. The van der Waals surface area contributed by atoms with E-state index in [0.29, 0.717) is 0 Å². The molecule has 3 heteroatoms. The molecular weight excluding hydrogens is 536 g/mol. The molecule has 204 valence electrons. The van der Waals surface area contributed by atoms with Crippen LogP contribution in [0.5, 0.6) is 0 Å². The first kappa shape index (κ1) is 23.6. The standard InChI is InChI=1S/C41H24N2O/c44-41-34-13-2-1-10-28(34)32-17-8-18-33-35-24-25(22-23-39(35)43(41)40(32)33)26-14-7-16-29-27(26)15-9-21-38(29)42-36-19-5-3-11-30(36)31-12-4-6-20-37(31)42/h1-24H. The predicted molar refractivity (Wildman–Crippen MR) is 185 cm³/mol. The van der Waals surface area contributed by atoms with Gasteiger partial charge in [-0.05, 0) is 58.3 Å². The van der Waals surface area contributed by atoms with Gasteiger partial charge in [0.15, 0.2) is 0 Å². The number of nitrogens with zero attached hydrogens (tertiary/aromatic N) is 2. The average molecular weight is 561 g/mol. The minimum absolute atomic E-state index is 0.0352. The van der Waals surface area contributed by atoms with Gasteiger partial charge in [0.1, 0.15) is 0 Å². The van der Waals surface area contributed by atoms with Crippen molar-refractivity contribution in [2.24, 2.45) is 0 Å². The first-order valence-electron chi connectivity index (χ1n) is 15.0. The van der Waals surface area contributed by atoms with E-state index in [-0.39, 0.29) is 5.56 Å². The molecule has 0 fully saturated rings. The molecule has 0 saturated carbocycles. The molecule has 0 aliphatic heterocycles. The van der Waals surface area contributed by atoms with Crippen LogP contribution in [-0.4, -0.2) is 8.97 Å². The molecule has 0 aliphatic carbocycles. The van der Waals surface area contributed by atoms with Crippen LogP contribution in [0.3, 0.4) is 0 Å². The summed E-state index contributed by atoms with van der Waals surface area (Å²) >= 11 is 0. The normalized spacial score (nSPS) is 12.2. The molecule has 0 saturated heterocycles. The van der Waals surface area contributed by atoms with Crippen molar-refractivity contribution in [2.45, 2.75) is 0 Å². The third-order valence-corrected chi connectivity index (χ3v) is 9.47. The van der Waals surface area contributed by atoms with Gasteiger partial charge < -0.3 is 4.57 Å². The Hall–Kier alpha value is -5.93. The van der Waals surface area contributed by atoms with Gasteiger partial charge in [-0.1, -0.05) is 109 Å². The lowest BCUT2D eigenvalue weighted by molar-refractivity contribution is 1.20. The molecule has 0 aliphatic rings. The monoisotopic (exact) mass is 560 g/mol. The van der Waals surface area contributed by atoms with Gasteiger partial charge in [-0.3, -0.25) is 9.20 Å². The van der Waals surface area contributed by atoms with Crippen LogP contribution in [0.1, 0.15) is 0 Å². The summed E-state index contributed by atoms with van der Waals surface area (Å²) < 4.78 is 4.31. The number of rotatable bonds is 2. The van der Waals surface area contributed by atoms with Gasteiger partial charge in [0.25, 0.3) is 5.56 Å². The van der Waals surface area contributed by atoms with Crippen molar-refractivity contribution in [3.05, 3.63) is 156 Å². The minimum atomic E-state index is 0.0352. The molecule has 10 aromatic rings. The Morgan fingerprint density at radius 2 is 0.955 bits per heavy atom. The summed E-state index contributed by atoms with van der Waals surface area (Å²) in [7, 11) is 0. The van der Waals surface area contributed by atoms with Gasteiger partial charge in [-0.15, -0.1) is 0 Å². The van der Waals surface area contributed by atoms with Crippen molar-refractivity contribution in [3.8, 4) is 16.8 Å². The summed E-state index contributed by atoms with van der Waals surface area (Å²) in [6.07, 6.45) is 0. The van der Waals surface area contributed by atoms with E-state index in [2.05, 4.69) is 132 Å². The summed E-state index contributed by atoms with van der Waals surface area (Å²) in [4.78, 5) is 13.8. The maximum atomic E-state index is 13.8. The second-order valence-corrected chi connectivity index (χ2v) is 11.7. The molecular formula is C41H24N2O. The van der Waals surface area contributed by atoms with Gasteiger partial charge in [-0.25, -0.2) is 0 Å². The molecule has 0 bridgehead atoms. The van der Waals surface area contributed by atoms with Crippen LogP contribution in [0, 0.1) is 0 Å². The quantitative estimate of drug-likeness (QED) is 0.193. The predicted octanol–water partition coefficient (Wildman–Crippen LogP) is 10.1. The van der Waals surface area contributed by atoms with Crippen molar-refractivity contribution in [1.29, 1.82) is 0 Å². The fourth-order valence-corrected chi connectivity index (χ4v) is 7.61. The molecule has 0 atom stereocenters. The highest BCUT2D eigenvalue weighted by atomic mass is 16.1. The van der Waals surface area contributed by atoms with Crippen molar-refractivity contribution >= 4 is 70.5 Å². The maximum absolute atomic E-state index is 13.8. The molecule has 3 nitrogen and oxygen atoms in total. The van der Waals surface area contributed by atoms with Crippen molar-refractivity contribution in [3.63, 3.8) is 0 Å². The Morgan fingerprint density at radius 3 is 1.73 bits per heavy atom. The molecule has 0 spiro atoms. The molecule has 3 aromatic heterocycles. The van der Waals surface area contributed by atoms with Gasteiger partial charge in [0.2, 0.25) is 0 Å². The molecule has 0 unspecified atom stereocenters. The van der Waals surface area contributed by atoms with Crippen molar-refractivity contribution < 1.29 is 0 Å². The first-order valence-corrected chi connectivity index (χ1v) is 15.0. The lowest BCUT2D eigenvalue weighted by Gasteiger charge is -2.14. The zero-order chi connectivity index (χ0) is 28.9. The summed E-state index contributed by atoms with van der Waals surface area (Å²) in [5, 5.41) is 9.97. The number of hydrogen-bond acceptors (Lipinski definition) is 1. The van der Waals surface area contributed by atoms with E-state index in [9.17, 15) is 4.79 Å². The summed E-state index contributed by atoms with van der Waals surface area (Å²) in [6, 6.07) is 51.4.